The van der Waals surface area contributed by atoms with Crippen molar-refractivity contribution in [3.05, 3.63) is 29.8 Å². The molecule has 0 radical (unpaired) electrons. The van der Waals surface area contributed by atoms with Crippen molar-refractivity contribution in [2.24, 2.45) is 5.73 Å². The van der Waals surface area contributed by atoms with Gasteiger partial charge in [-0.1, -0.05) is 12.1 Å². The first-order valence-corrected chi connectivity index (χ1v) is 7.01. The van der Waals surface area contributed by atoms with Gasteiger partial charge in [0.2, 0.25) is 5.91 Å². The lowest BCUT2D eigenvalue weighted by Gasteiger charge is -2.17. The number of carbonyl (C=O) groups is 1. The summed E-state index contributed by atoms with van der Waals surface area (Å²) in [5, 5.41) is 2.97. The molecule has 0 bridgehead atoms. The Kier molecular flexibility index (Phi) is 3.45. The summed E-state index contributed by atoms with van der Waals surface area (Å²) in [5.41, 5.74) is 6.37. The van der Waals surface area contributed by atoms with E-state index in [0.29, 0.717) is 0 Å². The van der Waals surface area contributed by atoms with Crippen LogP contribution in [0.15, 0.2) is 29.2 Å². The fourth-order valence-corrected chi connectivity index (χ4v) is 2.09. The number of benzene rings is 1. The molecule has 1 aliphatic rings. The largest absolute Gasteiger partial charge is 0.348 e. The second kappa shape index (κ2) is 4.70. The standard InChI is InChI=1S/C13H18N2OS/c1-9(15-12(16)13(14)7-8-13)10-3-5-11(17-2)6-4-10/h3-6,9H,7-8,14H2,1-2H3,(H,15,16). The van der Waals surface area contributed by atoms with Crippen molar-refractivity contribution in [2.75, 3.05) is 6.26 Å². The molecule has 1 amide bonds. The number of rotatable bonds is 4. The Hall–Kier alpha value is -1.00. The van der Waals surface area contributed by atoms with Gasteiger partial charge < -0.3 is 11.1 Å². The number of nitrogens with one attached hydrogen (secondary N) is 1. The SMILES string of the molecule is CSc1ccc(C(C)NC(=O)C2(N)CC2)cc1. The molecule has 1 aromatic rings. The Morgan fingerprint density at radius 3 is 2.47 bits per heavy atom. The van der Waals surface area contributed by atoms with Crippen LogP contribution in [0.3, 0.4) is 0 Å². The van der Waals surface area contributed by atoms with E-state index in [1.165, 1.54) is 4.90 Å². The minimum atomic E-state index is -0.590. The molecule has 1 atom stereocenters. The van der Waals surface area contributed by atoms with Gasteiger partial charge in [-0.25, -0.2) is 0 Å². The van der Waals surface area contributed by atoms with Crippen LogP contribution in [0.1, 0.15) is 31.4 Å². The zero-order valence-corrected chi connectivity index (χ0v) is 11.0. The van der Waals surface area contributed by atoms with Crippen molar-refractivity contribution in [3.63, 3.8) is 0 Å². The quantitative estimate of drug-likeness (QED) is 0.804. The molecule has 1 fully saturated rings. The fourth-order valence-electron chi connectivity index (χ4n) is 1.68. The third-order valence-corrected chi connectivity index (χ3v) is 3.95. The number of carbonyl (C=O) groups excluding carboxylic acids is 1. The fraction of sp³-hybridized carbons (Fsp3) is 0.462. The lowest BCUT2D eigenvalue weighted by Crippen LogP contribution is -2.43. The lowest BCUT2D eigenvalue weighted by molar-refractivity contribution is -0.123. The first-order chi connectivity index (χ1) is 8.05. The van der Waals surface area contributed by atoms with Gasteiger partial charge in [0.25, 0.3) is 0 Å². The summed E-state index contributed by atoms with van der Waals surface area (Å²) in [6.45, 7) is 1.98. The summed E-state index contributed by atoms with van der Waals surface area (Å²) in [7, 11) is 0. The molecule has 0 aromatic heterocycles. The maximum absolute atomic E-state index is 11.8. The van der Waals surface area contributed by atoms with Crippen molar-refractivity contribution in [3.8, 4) is 0 Å². The van der Waals surface area contributed by atoms with Gasteiger partial charge in [-0.3, -0.25) is 4.79 Å². The lowest BCUT2D eigenvalue weighted by atomic mass is 10.1. The maximum atomic E-state index is 11.8. The predicted molar refractivity (Wildman–Crippen MR) is 70.9 cm³/mol. The molecule has 2 rings (SSSR count). The Morgan fingerprint density at radius 1 is 1.41 bits per heavy atom. The first kappa shape index (κ1) is 12.5. The first-order valence-electron chi connectivity index (χ1n) is 5.79. The molecule has 0 heterocycles. The van der Waals surface area contributed by atoms with Crippen LogP contribution < -0.4 is 11.1 Å². The molecule has 1 aromatic carbocycles. The Balaban J connectivity index is 1.99. The molecule has 1 unspecified atom stereocenters. The second-order valence-electron chi connectivity index (χ2n) is 4.62. The highest BCUT2D eigenvalue weighted by molar-refractivity contribution is 7.98. The third kappa shape index (κ3) is 2.82. The van der Waals surface area contributed by atoms with Crippen molar-refractivity contribution in [1.82, 2.24) is 5.32 Å². The number of thioether (sulfide) groups is 1. The summed E-state index contributed by atoms with van der Waals surface area (Å²) >= 11 is 1.71. The molecule has 0 saturated heterocycles. The van der Waals surface area contributed by atoms with Crippen LogP contribution in [0.2, 0.25) is 0 Å². The van der Waals surface area contributed by atoms with Crippen LogP contribution in [0, 0.1) is 0 Å². The highest BCUT2D eigenvalue weighted by Gasteiger charge is 2.46. The van der Waals surface area contributed by atoms with Crippen LogP contribution in [0.4, 0.5) is 0 Å². The van der Waals surface area contributed by atoms with Gasteiger partial charge in [-0.2, -0.15) is 0 Å². The Bertz CT molecular complexity index is 412. The van der Waals surface area contributed by atoms with E-state index in [4.69, 9.17) is 5.73 Å². The normalized spacial score (nSPS) is 18.5. The van der Waals surface area contributed by atoms with Crippen molar-refractivity contribution in [2.45, 2.75) is 36.2 Å². The van der Waals surface area contributed by atoms with Crippen LogP contribution in [0.25, 0.3) is 0 Å². The van der Waals surface area contributed by atoms with Gasteiger partial charge in [0.05, 0.1) is 11.6 Å². The molecule has 1 aliphatic carbocycles. The summed E-state index contributed by atoms with van der Waals surface area (Å²) in [5.74, 6) is -0.0288. The van der Waals surface area contributed by atoms with E-state index in [9.17, 15) is 4.79 Å². The van der Waals surface area contributed by atoms with Gasteiger partial charge in [-0.15, -0.1) is 11.8 Å². The van der Waals surface area contributed by atoms with Crippen LogP contribution in [-0.4, -0.2) is 17.7 Å². The molecule has 92 valence electrons. The maximum Gasteiger partial charge on any atom is 0.240 e. The Morgan fingerprint density at radius 2 is 2.00 bits per heavy atom. The van der Waals surface area contributed by atoms with Crippen molar-refractivity contribution in [1.29, 1.82) is 0 Å². The molecule has 1 saturated carbocycles. The molecule has 3 nitrogen and oxygen atoms in total. The molecular formula is C13H18N2OS. The zero-order chi connectivity index (χ0) is 12.5. The van der Waals surface area contributed by atoms with Crippen LogP contribution in [-0.2, 0) is 4.79 Å². The van der Waals surface area contributed by atoms with E-state index >= 15 is 0 Å². The summed E-state index contributed by atoms with van der Waals surface area (Å²) < 4.78 is 0. The zero-order valence-electron chi connectivity index (χ0n) is 10.2. The van der Waals surface area contributed by atoms with Gasteiger partial charge in [0.15, 0.2) is 0 Å². The van der Waals surface area contributed by atoms with Crippen molar-refractivity contribution < 1.29 is 4.79 Å². The molecule has 0 aliphatic heterocycles. The van der Waals surface area contributed by atoms with Gasteiger partial charge >= 0.3 is 0 Å². The van der Waals surface area contributed by atoms with E-state index in [2.05, 4.69) is 17.4 Å². The molecular weight excluding hydrogens is 232 g/mol. The average Bonchev–Trinajstić information content (AvgIpc) is 3.09. The minimum Gasteiger partial charge on any atom is -0.348 e. The predicted octanol–water partition coefficient (Wildman–Crippen LogP) is 2.08. The topological polar surface area (TPSA) is 55.1 Å². The molecule has 0 spiro atoms. The number of hydrogen-bond acceptors (Lipinski definition) is 3. The van der Waals surface area contributed by atoms with E-state index in [1.54, 1.807) is 11.8 Å². The van der Waals surface area contributed by atoms with E-state index in [0.717, 1.165) is 18.4 Å². The van der Waals surface area contributed by atoms with E-state index in [-0.39, 0.29) is 11.9 Å². The van der Waals surface area contributed by atoms with Crippen LogP contribution in [0.5, 0.6) is 0 Å². The number of amides is 1. The number of nitrogens with two attached hydrogens (primary N) is 1. The van der Waals surface area contributed by atoms with Gasteiger partial charge in [0.1, 0.15) is 0 Å². The summed E-state index contributed by atoms with van der Waals surface area (Å²) in [6.07, 6.45) is 3.65. The smallest absolute Gasteiger partial charge is 0.240 e. The molecule has 4 heteroatoms. The Labute approximate surface area is 106 Å². The molecule has 17 heavy (non-hydrogen) atoms. The monoisotopic (exact) mass is 250 g/mol. The van der Waals surface area contributed by atoms with E-state index < -0.39 is 5.54 Å². The van der Waals surface area contributed by atoms with Crippen LogP contribution >= 0.6 is 11.8 Å². The average molecular weight is 250 g/mol. The van der Waals surface area contributed by atoms with Gasteiger partial charge in [0, 0.05) is 4.90 Å². The highest BCUT2D eigenvalue weighted by atomic mass is 32.2. The summed E-state index contributed by atoms with van der Waals surface area (Å²) in [4.78, 5) is 13.0. The highest BCUT2D eigenvalue weighted by Crippen LogP contribution is 2.33. The third-order valence-electron chi connectivity index (χ3n) is 3.20. The number of hydrogen-bond donors (Lipinski definition) is 2. The van der Waals surface area contributed by atoms with Gasteiger partial charge in [-0.05, 0) is 43.7 Å². The van der Waals surface area contributed by atoms with Crippen molar-refractivity contribution >= 4 is 17.7 Å². The van der Waals surface area contributed by atoms with E-state index in [1.807, 2.05) is 25.3 Å². The summed E-state index contributed by atoms with van der Waals surface area (Å²) in [6, 6.07) is 8.25. The second-order valence-corrected chi connectivity index (χ2v) is 5.50. The molecule has 3 N–H and O–H groups in total. The minimum absolute atomic E-state index is 0.0134.